The van der Waals surface area contributed by atoms with E-state index in [0.29, 0.717) is 16.7 Å². The van der Waals surface area contributed by atoms with Crippen molar-refractivity contribution in [2.24, 2.45) is 5.92 Å². The van der Waals surface area contributed by atoms with E-state index in [1.54, 1.807) is 0 Å². The first-order valence-electron chi connectivity index (χ1n) is 9.07. The number of likely N-dealkylation sites (tertiary alicyclic amines) is 1. The molecule has 5 heteroatoms. The summed E-state index contributed by atoms with van der Waals surface area (Å²) < 4.78 is 5.70. The predicted molar refractivity (Wildman–Crippen MR) is 106 cm³/mol. The number of benzene rings is 2. The highest BCUT2D eigenvalue weighted by molar-refractivity contribution is 6.32. The summed E-state index contributed by atoms with van der Waals surface area (Å²) in [6.07, 6.45) is 2.21. The number of carbonyl (C=O) groups is 1. The van der Waals surface area contributed by atoms with Crippen LogP contribution in [0.5, 0.6) is 5.75 Å². The maximum atomic E-state index is 12.5. The van der Waals surface area contributed by atoms with Gasteiger partial charge in [0, 0.05) is 13.1 Å². The number of nitrogens with one attached hydrogen (secondary N) is 1. The number of nitrogens with zero attached hydrogens (tertiary/aromatic N) is 1. The average molecular weight is 373 g/mol. The number of rotatable bonds is 6. The van der Waals surface area contributed by atoms with E-state index in [-0.39, 0.29) is 12.5 Å². The molecular weight excluding hydrogens is 348 g/mol. The number of amides is 1. The number of halogens is 1. The lowest BCUT2D eigenvalue weighted by Gasteiger charge is -2.32. The number of carbonyl (C=O) groups excluding carboxylic acids is 1. The van der Waals surface area contributed by atoms with Crippen LogP contribution in [0.15, 0.2) is 48.5 Å². The molecule has 2 aromatic rings. The molecule has 1 aliphatic heterocycles. The zero-order valence-electron chi connectivity index (χ0n) is 15.1. The molecule has 1 unspecified atom stereocenters. The molecule has 0 aromatic heterocycles. The molecule has 0 bridgehead atoms. The molecule has 138 valence electrons. The monoisotopic (exact) mass is 372 g/mol. The molecule has 1 atom stereocenters. The van der Waals surface area contributed by atoms with Gasteiger partial charge in [-0.3, -0.25) is 4.79 Å². The summed E-state index contributed by atoms with van der Waals surface area (Å²) in [5.41, 5.74) is 2.13. The number of hydrogen-bond acceptors (Lipinski definition) is 3. The predicted octanol–water partition coefficient (Wildman–Crippen LogP) is 3.84. The first-order chi connectivity index (χ1) is 12.7. The smallest absolute Gasteiger partial charge is 0.260 e. The molecule has 1 saturated heterocycles. The fourth-order valence-electron chi connectivity index (χ4n) is 3.41. The van der Waals surface area contributed by atoms with E-state index >= 15 is 0 Å². The Morgan fingerprint density at radius 1 is 1.23 bits per heavy atom. The van der Waals surface area contributed by atoms with E-state index < -0.39 is 0 Å². The minimum Gasteiger partial charge on any atom is -0.482 e. The van der Waals surface area contributed by atoms with Gasteiger partial charge in [0.2, 0.25) is 0 Å². The van der Waals surface area contributed by atoms with Gasteiger partial charge in [-0.2, -0.15) is 0 Å². The lowest BCUT2D eigenvalue weighted by molar-refractivity contribution is -0.135. The van der Waals surface area contributed by atoms with Crippen LogP contribution < -0.4 is 10.1 Å². The molecule has 0 radical (unpaired) electrons. The van der Waals surface area contributed by atoms with Crippen LogP contribution in [0.3, 0.4) is 0 Å². The fraction of sp³-hybridized carbons (Fsp3) is 0.381. The number of ether oxygens (including phenoxy) is 1. The summed E-state index contributed by atoms with van der Waals surface area (Å²) in [6.45, 7) is 2.57. The van der Waals surface area contributed by atoms with Gasteiger partial charge in [0.25, 0.3) is 5.91 Å². The van der Waals surface area contributed by atoms with Crippen LogP contribution >= 0.6 is 11.6 Å². The molecule has 3 rings (SSSR count). The summed E-state index contributed by atoms with van der Waals surface area (Å²) in [5, 5.41) is 3.71. The second-order valence-corrected chi connectivity index (χ2v) is 7.11. The Bertz CT molecular complexity index is 734. The van der Waals surface area contributed by atoms with E-state index in [1.165, 1.54) is 0 Å². The van der Waals surface area contributed by atoms with Gasteiger partial charge in [-0.05, 0) is 55.6 Å². The Morgan fingerprint density at radius 3 is 2.77 bits per heavy atom. The topological polar surface area (TPSA) is 41.6 Å². The highest BCUT2D eigenvalue weighted by atomic mass is 35.5. The highest BCUT2D eigenvalue weighted by Gasteiger charge is 2.23. The normalized spacial score (nSPS) is 17.2. The molecule has 4 nitrogen and oxygen atoms in total. The van der Waals surface area contributed by atoms with Crippen LogP contribution in [0.4, 0.5) is 0 Å². The molecule has 2 aromatic carbocycles. The van der Waals surface area contributed by atoms with Gasteiger partial charge in [-0.1, -0.05) is 48.0 Å². The van der Waals surface area contributed by atoms with Crippen molar-refractivity contribution in [2.45, 2.75) is 12.8 Å². The average Bonchev–Trinajstić information content (AvgIpc) is 2.68. The van der Waals surface area contributed by atoms with Gasteiger partial charge >= 0.3 is 0 Å². The van der Waals surface area contributed by atoms with Crippen molar-refractivity contribution in [2.75, 3.05) is 33.3 Å². The van der Waals surface area contributed by atoms with Gasteiger partial charge in [0.15, 0.2) is 6.61 Å². The van der Waals surface area contributed by atoms with Gasteiger partial charge in [0.1, 0.15) is 5.75 Å². The molecule has 1 fully saturated rings. The second-order valence-electron chi connectivity index (χ2n) is 6.71. The fourth-order valence-corrected chi connectivity index (χ4v) is 3.64. The summed E-state index contributed by atoms with van der Waals surface area (Å²) in [7, 11) is 1.95. The third-order valence-electron chi connectivity index (χ3n) is 4.75. The van der Waals surface area contributed by atoms with Crippen molar-refractivity contribution in [3.63, 3.8) is 0 Å². The minimum absolute atomic E-state index is 0.0222. The summed E-state index contributed by atoms with van der Waals surface area (Å²) >= 11 is 6.35. The maximum absolute atomic E-state index is 12.5. The van der Waals surface area contributed by atoms with Crippen LogP contribution in [0.1, 0.15) is 12.8 Å². The van der Waals surface area contributed by atoms with Gasteiger partial charge < -0.3 is 15.0 Å². The van der Waals surface area contributed by atoms with Crippen LogP contribution in [0, 0.1) is 5.92 Å². The van der Waals surface area contributed by atoms with E-state index in [1.807, 2.05) is 60.5 Å². The zero-order chi connectivity index (χ0) is 18.4. The molecule has 1 aliphatic rings. The number of hydrogen-bond donors (Lipinski definition) is 1. The van der Waals surface area contributed by atoms with Crippen molar-refractivity contribution in [1.82, 2.24) is 10.2 Å². The molecular formula is C21H25ClN2O2. The number of piperidine rings is 1. The van der Waals surface area contributed by atoms with Crippen LogP contribution in [-0.2, 0) is 4.79 Å². The van der Waals surface area contributed by atoms with Gasteiger partial charge in [-0.25, -0.2) is 0 Å². The SMILES string of the molecule is CNCC1CCCN(C(=O)COc2ccc(-c3ccccc3)cc2Cl)C1. The van der Waals surface area contributed by atoms with E-state index in [2.05, 4.69) is 5.32 Å². The quantitative estimate of drug-likeness (QED) is 0.837. The zero-order valence-corrected chi connectivity index (χ0v) is 15.8. The lowest BCUT2D eigenvalue weighted by Crippen LogP contribution is -2.44. The standard InChI is InChI=1S/C21H25ClN2O2/c1-23-13-16-6-5-11-24(14-16)21(25)15-26-20-10-9-18(12-19(20)22)17-7-3-2-4-8-17/h2-4,7-10,12,16,23H,5-6,11,13-15H2,1H3. The highest BCUT2D eigenvalue weighted by Crippen LogP contribution is 2.30. The van der Waals surface area contributed by atoms with Crippen LogP contribution in [0.25, 0.3) is 11.1 Å². The van der Waals surface area contributed by atoms with E-state index in [0.717, 1.165) is 43.6 Å². The first kappa shape index (κ1) is 18.7. The molecule has 1 heterocycles. The largest absolute Gasteiger partial charge is 0.482 e. The Kier molecular flexibility index (Phi) is 6.53. The Labute approximate surface area is 160 Å². The molecule has 0 aliphatic carbocycles. The first-order valence-corrected chi connectivity index (χ1v) is 9.45. The molecule has 0 saturated carbocycles. The van der Waals surface area contributed by atoms with Crippen LogP contribution in [0.2, 0.25) is 5.02 Å². The van der Waals surface area contributed by atoms with E-state index in [9.17, 15) is 4.79 Å². The van der Waals surface area contributed by atoms with Crippen molar-refractivity contribution < 1.29 is 9.53 Å². The second kappa shape index (κ2) is 9.06. The lowest BCUT2D eigenvalue weighted by atomic mass is 9.98. The summed E-state index contributed by atoms with van der Waals surface area (Å²) in [6, 6.07) is 15.7. The van der Waals surface area contributed by atoms with Crippen molar-refractivity contribution in [3.8, 4) is 16.9 Å². The summed E-state index contributed by atoms with van der Waals surface area (Å²) in [4.78, 5) is 14.4. The Morgan fingerprint density at radius 2 is 2.04 bits per heavy atom. The minimum atomic E-state index is 0.0222. The van der Waals surface area contributed by atoms with Crippen molar-refractivity contribution >= 4 is 17.5 Å². The van der Waals surface area contributed by atoms with Crippen LogP contribution in [-0.4, -0.2) is 44.1 Å². The van der Waals surface area contributed by atoms with Crippen molar-refractivity contribution in [1.29, 1.82) is 0 Å². The Hall–Kier alpha value is -2.04. The van der Waals surface area contributed by atoms with Gasteiger partial charge in [0.05, 0.1) is 5.02 Å². The Balaban J connectivity index is 1.58. The van der Waals surface area contributed by atoms with E-state index in [4.69, 9.17) is 16.3 Å². The summed E-state index contributed by atoms with van der Waals surface area (Å²) in [5.74, 6) is 1.09. The third-order valence-corrected chi connectivity index (χ3v) is 5.05. The molecule has 1 N–H and O–H groups in total. The molecule has 26 heavy (non-hydrogen) atoms. The van der Waals surface area contributed by atoms with Crippen molar-refractivity contribution in [3.05, 3.63) is 53.6 Å². The van der Waals surface area contributed by atoms with Gasteiger partial charge in [-0.15, -0.1) is 0 Å². The third kappa shape index (κ3) is 4.77. The molecule has 0 spiro atoms. The molecule has 1 amide bonds. The maximum Gasteiger partial charge on any atom is 0.260 e.